The van der Waals surface area contributed by atoms with Crippen LogP contribution in [0.3, 0.4) is 0 Å². The van der Waals surface area contributed by atoms with Crippen LogP contribution in [0.2, 0.25) is 0 Å². The summed E-state index contributed by atoms with van der Waals surface area (Å²) in [4.78, 5) is 23.9. The minimum atomic E-state index is -0.635. The highest BCUT2D eigenvalue weighted by Crippen LogP contribution is 2.33. The third-order valence-corrected chi connectivity index (χ3v) is 3.68. The SMILES string of the molecule is C/C1=C(\c2ccccc2)OC(=O)/C=C\C(=O)OC1c1ccccc1. The molecule has 0 aliphatic carbocycles. The van der Waals surface area contributed by atoms with Crippen LogP contribution < -0.4 is 0 Å². The number of esters is 2. The number of rotatable bonds is 2. The molecule has 0 saturated heterocycles. The second-order valence-corrected chi connectivity index (χ2v) is 5.36. The Bertz CT molecular complexity index is 804. The summed E-state index contributed by atoms with van der Waals surface area (Å²) in [6, 6.07) is 18.6. The Morgan fingerprint density at radius 1 is 0.792 bits per heavy atom. The molecule has 0 aromatic heterocycles. The van der Waals surface area contributed by atoms with Gasteiger partial charge < -0.3 is 9.47 Å². The van der Waals surface area contributed by atoms with Gasteiger partial charge in [0.05, 0.1) is 0 Å². The molecule has 24 heavy (non-hydrogen) atoms. The van der Waals surface area contributed by atoms with E-state index in [0.717, 1.165) is 23.3 Å². The minimum absolute atomic E-state index is 0.397. The predicted molar refractivity (Wildman–Crippen MR) is 89.5 cm³/mol. The van der Waals surface area contributed by atoms with Gasteiger partial charge in [-0.25, -0.2) is 9.59 Å². The van der Waals surface area contributed by atoms with Crippen LogP contribution in [-0.2, 0) is 19.1 Å². The molecule has 0 spiro atoms. The van der Waals surface area contributed by atoms with Crippen LogP contribution >= 0.6 is 0 Å². The number of hydrogen-bond donors (Lipinski definition) is 0. The molecule has 1 aliphatic heterocycles. The zero-order valence-electron chi connectivity index (χ0n) is 13.1. The van der Waals surface area contributed by atoms with Crippen molar-refractivity contribution >= 4 is 17.7 Å². The number of ether oxygens (including phenoxy) is 2. The lowest BCUT2D eigenvalue weighted by molar-refractivity contribution is -0.141. The lowest BCUT2D eigenvalue weighted by Crippen LogP contribution is -2.12. The number of carbonyl (C=O) groups excluding carboxylic acids is 2. The van der Waals surface area contributed by atoms with Gasteiger partial charge >= 0.3 is 11.9 Å². The van der Waals surface area contributed by atoms with Gasteiger partial charge in [0.1, 0.15) is 5.76 Å². The Morgan fingerprint density at radius 2 is 1.38 bits per heavy atom. The first kappa shape index (κ1) is 15.7. The molecule has 0 N–H and O–H groups in total. The van der Waals surface area contributed by atoms with Gasteiger partial charge in [-0.1, -0.05) is 60.7 Å². The van der Waals surface area contributed by atoms with E-state index in [4.69, 9.17) is 9.47 Å². The summed E-state index contributed by atoms with van der Waals surface area (Å²) in [6.45, 7) is 1.80. The van der Waals surface area contributed by atoms with Gasteiger partial charge in [-0.2, -0.15) is 0 Å². The molecule has 0 fully saturated rings. The smallest absolute Gasteiger partial charge is 0.336 e. The Morgan fingerprint density at radius 3 is 2.04 bits per heavy atom. The van der Waals surface area contributed by atoms with Crippen molar-refractivity contribution in [2.75, 3.05) is 0 Å². The van der Waals surface area contributed by atoms with Crippen molar-refractivity contribution in [3.05, 3.63) is 89.5 Å². The standard InChI is InChI=1S/C20H16O4/c1-14-19(15-8-4-2-5-9-15)23-17(21)12-13-18(22)24-20(14)16-10-6-3-7-11-16/h2-13,19H,1H3/b13-12-,20-14-. The van der Waals surface area contributed by atoms with E-state index in [9.17, 15) is 9.59 Å². The Balaban J connectivity index is 2.15. The second-order valence-electron chi connectivity index (χ2n) is 5.36. The minimum Gasteiger partial charge on any atom is -0.450 e. The molecule has 4 heteroatoms. The van der Waals surface area contributed by atoms with E-state index in [1.165, 1.54) is 0 Å². The zero-order valence-corrected chi connectivity index (χ0v) is 13.1. The van der Waals surface area contributed by atoms with Crippen molar-refractivity contribution in [1.82, 2.24) is 0 Å². The van der Waals surface area contributed by atoms with E-state index in [0.29, 0.717) is 11.3 Å². The highest BCUT2D eigenvalue weighted by atomic mass is 16.6. The molecule has 3 rings (SSSR count). The van der Waals surface area contributed by atoms with E-state index < -0.39 is 18.0 Å². The van der Waals surface area contributed by atoms with Crippen LogP contribution in [0.5, 0.6) is 0 Å². The van der Waals surface area contributed by atoms with Gasteiger partial charge in [-0.15, -0.1) is 0 Å². The number of hydrogen-bond acceptors (Lipinski definition) is 4. The number of carbonyl (C=O) groups is 2. The molecule has 1 atom stereocenters. The fraction of sp³-hybridized carbons (Fsp3) is 0.100. The Hall–Kier alpha value is -3.14. The first-order chi connectivity index (χ1) is 11.6. The lowest BCUT2D eigenvalue weighted by Gasteiger charge is -2.20. The molecule has 1 unspecified atom stereocenters. The summed E-state index contributed by atoms with van der Waals surface area (Å²) in [7, 11) is 0. The molecule has 0 bridgehead atoms. The quantitative estimate of drug-likeness (QED) is 0.790. The molecular formula is C20H16O4. The predicted octanol–water partition coefficient (Wildman–Crippen LogP) is 3.82. The first-order valence-electron chi connectivity index (χ1n) is 7.57. The highest BCUT2D eigenvalue weighted by molar-refractivity contribution is 5.95. The zero-order chi connectivity index (χ0) is 16.9. The van der Waals surface area contributed by atoms with Crippen molar-refractivity contribution in [2.24, 2.45) is 0 Å². The summed E-state index contributed by atoms with van der Waals surface area (Å²) in [5.41, 5.74) is 2.21. The molecular weight excluding hydrogens is 304 g/mol. The van der Waals surface area contributed by atoms with Crippen LogP contribution in [0.1, 0.15) is 24.2 Å². The first-order valence-corrected chi connectivity index (χ1v) is 7.57. The maximum absolute atomic E-state index is 12.0. The van der Waals surface area contributed by atoms with Crippen LogP contribution in [0.4, 0.5) is 0 Å². The molecule has 1 heterocycles. The van der Waals surface area contributed by atoms with Crippen LogP contribution in [0.15, 0.2) is 78.4 Å². The molecule has 2 aromatic rings. The van der Waals surface area contributed by atoms with E-state index in [2.05, 4.69) is 0 Å². The average molecular weight is 320 g/mol. The van der Waals surface area contributed by atoms with Crippen molar-refractivity contribution in [2.45, 2.75) is 13.0 Å². The van der Waals surface area contributed by atoms with E-state index in [1.54, 1.807) is 6.92 Å². The van der Waals surface area contributed by atoms with Crippen LogP contribution in [0, 0.1) is 0 Å². The molecule has 4 nitrogen and oxygen atoms in total. The largest absolute Gasteiger partial charge is 0.450 e. The summed E-state index contributed by atoms with van der Waals surface area (Å²) in [5, 5.41) is 0. The van der Waals surface area contributed by atoms with Gasteiger partial charge in [0.15, 0.2) is 6.10 Å². The number of benzene rings is 2. The monoisotopic (exact) mass is 320 g/mol. The molecule has 0 amide bonds. The number of cyclic esters (lactones) is 2. The van der Waals surface area contributed by atoms with Gasteiger partial charge in [-0.05, 0) is 12.5 Å². The van der Waals surface area contributed by atoms with Gasteiger partial charge in [0.25, 0.3) is 0 Å². The lowest BCUT2D eigenvalue weighted by atomic mass is 9.99. The molecule has 120 valence electrons. The summed E-state index contributed by atoms with van der Waals surface area (Å²) < 4.78 is 11.0. The highest BCUT2D eigenvalue weighted by Gasteiger charge is 2.25. The van der Waals surface area contributed by atoms with Gasteiger partial charge in [0, 0.05) is 23.3 Å². The third kappa shape index (κ3) is 3.43. The van der Waals surface area contributed by atoms with Crippen molar-refractivity contribution < 1.29 is 19.1 Å². The maximum atomic E-state index is 12.0. The Kier molecular flexibility index (Phi) is 4.57. The summed E-state index contributed by atoms with van der Waals surface area (Å²) >= 11 is 0. The van der Waals surface area contributed by atoms with E-state index in [1.807, 2.05) is 60.7 Å². The van der Waals surface area contributed by atoms with Crippen molar-refractivity contribution in [3.8, 4) is 0 Å². The fourth-order valence-electron chi connectivity index (χ4n) is 2.54. The Labute approximate surface area is 140 Å². The fourth-order valence-corrected chi connectivity index (χ4v) is 2.54. The maximum Gasteiger partial charge on any atom is 0.336 e. The summed E-state index contributed by atoms with van der Waals surface area (Å²) in [6.07, 6.45) is 1.52. The van der Waals surface area contributed by atoms with Gasteiger partial charge in [0.2, 0.25) is 0 Å². The van der Waals surface area contributed by atoms with E-state index >= 15 is 0 Å². The topological polar surface area (TPSA) is 52.6 Å². The molecule has 0 saturated carbocycles. The van der Waals surface area contributed by atoms with Crippen molar-refractivity contribution in [3.63, 3.8) is 0 Å². The van der Waals surface area contributed by atoms with Crippen LogP contribution in [-0.4, -0.2) is 11.9 Å². The molecule has 0 radical (unpaired) electrons. The summed E-state index contributed by atoms with van der Waals surface area (Å²) in [5.74, 6) is -0.804. The van der Waals surface area contributed by atoms with E-state index in [-0.39, 0.29) is 0 Å². The average Bonchev–Trinajstić information content (AvgIpc) is 2.68. The third-order valence-electron chi connectivity index (χ3n) is 3.68. The van der Waals surface area contributed by atoms with Gasteiger partial charge in [-0.3, -0.25) is 0 Å². The molecule has 2 aromatic carbocycles. The molecule has 1 aliphatic rings. The normalized spacial score (nSPS) is 22.6. The van der Waals surface area contributed by atoms with Crippen molar-refractivity contribution in [1.29, 1.82) is 0 Å². The van der Waals surface area contributed by atoms with Crippen LogP contribution in [0.25, 0.3) is 5.76 Å². The second kappa shape index (κ2) is 6.96.